The van der Waals surface area contributed by atoms with Crippen molar-refractivity contribution in [2.75, 3.05) is 51.4 Å². The van der Waals surface area contributed by atoms with Crippen LogP contribution < -0.4 is 5.32 Å². The maximum Gasteiger partial charge on any atom is 0.233 e. The zero-order valence-corrected chi connectivity index (χ0v) is 12.8. The molecule has 1 amide bonds. The van der Waals surface area contributed by atoms with Crippen molar-refractivity contribution in [2.24, 2.45) is 0 Å². The molecule has 0 radical (unpaired) electrons. The average Bonchev–Trinajstić information content (AvgIpc) is 2.39. The Hall–Kier alpha value is -0.370. The fourth-order valence-electron chi connectivity index (χ4n) is 1.96. The summed E-state index contributed by atoms with van der Waals surface area (Å²) >= 11 is 5.54. The smallest absolute Gasteiger partial charge is 0.233 e. The lowest BCUT2D eigenvalue weighted by molar-refractivity contribution is -0.122. The van der Waals surface area contributed by atoms with E-state index in [1.807, 2.05) is 4.90 Å². The van der Waals surface area contributed by atoms with Gasteiger partial charge in [0.15, 0.2) is 0 Å². The molecule has 1 aliphatic heterocycles. The first-order valence-corrected chi connectivity index (χ1v) is 8.60. The standard InChI is InChI=1S/C11H22ClN3O3S/c1-13-11(16)10-14-5-7-15(8-6-14)19(17,18)9-3-2-4-12/h2-10H2,1H3,(H,13,16). The molecule has 1 heterocycles. The van der Waals surface area contributed by atoms with Gasteiger partial charge < -0.3 is 5.32 Å². The van der Waals surface area contributed by atoms with E-state index in [9.17, 15) is 13.2 Å². The number of sulfonamides is 1. The molecular formula is C11H22ClN3O3S. The number of alkyl halides is 1. The van der Waals surface area contributed by atoms with Crippen molar-refractivity contribution in [1.82, 2.24) is 14.5 Å². The lowest BCUT2D eigenvalue weighted by Crippen LogP contribution is -2.51. The van der Waals surface area contributed by atoms with Gasteiger partial charge in [0, 0.05) is 39.1 Å². The van der Waals surface area contributed by atoms with Crippen LogP contribution >= 0.6 is 11.6 Å². The van der Waals surface area contributed by atoms with Crippen molar-refractivity contribution in [2.45, 2.75) is 12.8 Å². The number of rotatable bonds is 7. The minimum Gasteiger partial charge on any atom is -0.358 e. The number of halogens is 1. The summed E-state index contributed by atoms with van der Waals surface area (Å²) in [7, 11) is -1.57. The monoisotopic (exact) mass is 311 g/mol. The van der Waals surface area contributed by atoms with Crippen LogP contribution in [0.1, 0.15) is 12.8 Å². The maximum atomic E-state index is 12.0. The Morgan fingerprint density at radius 3 is 2.37 bits per heavy atom. The Kier molecular flexibility index (Phi) is 7.06. The molecular weight excluding hydrogens is 290 g/mol. The lowest BCUT2D eigenvalue weighted by atomic mass is 10.3. The van der Waals surface area contributed by atoms with Gasteiger partial charge in [-0.25, -0.2) is 8.42 Å². The molecule has 1 N–H and O–H groups in total. The normalized spacial score (nSPS) is 18.4. The van der Waals surface area contributed by atoms with E-state index in [0.717, 1.165) is 6.42 Å². The van der Waals surface area contributed by atoms with Gasteiger partial charge in [-0.3, -0.25) is 9.69 Å². The van der Waals surface area contributed by atoms with Crippen LogP contribution in [0.2, 0.25) is 0 Å². The first-order chi connectivity index (χ1) is 8.99. The molecule has 0 unspecified atom stereocenters. The van der Waals surface area contributed by atoms with Crippen molar-refractivity contribution in [3.05, 3.63) is 0 Å². The van der Waals surface area contributed by atoms with Crippen molar-refractivity contribution < 1.29 is 13.2 Å². The van der Waals surface area contributed by atoms with Crippen LogP contribution in [0.25, 0.3) is 0 Å². The minimum atomic E-state index is -3.17. The molecule has 0 aromatic rings. The molecule has 19 heavy (non-hydrogen) atoms. The van der Waals surface area contributed by atoms with E-state index >= 15 is 0 Å². The number of piperazine rings is 1. The summed E-state index contributed by atoms with van der Waals surface area (Å²) < 4.78 is 25.6. The molecule has 112 valence electrons. The number of carbonyl (C=O) groups is 1. The molecule has 0 saturated carbocycles. The third-order valence-corrected chi connectivity index (χ3v) is 5.38. The number of amides is 1. The molecule has 1 fully saturated rings. The third kappa shape index (κ3) is 5.64. The predicted molar refractivity (Wildman–Crippen MR) is 75.8 cm³/mol. The van der Waals surface area contributed by atoms with Crippen LogP contribution in [0.15, 0.2) is 0 Å². The van der Waals surface area contributed by atoms with E-state index < -0.39 is 10.0 Å². The van der Waals surface area contributed by atoms with E-state index in [-0.39, 0.29) is 11.7 Å². The zero-order valence-electron chi connectivity index (χ0n) is 11.3. The third-order valence-electron chi connectivity index (χ3n) is 3.16. The number of nitrogens with one attached hydrogen (secondary N) is 1. The van der Waals surface area contributed by atoms with Crippen molar-refractivity contribution >= 4 is 27.5 Å². The van der Waals surface area contributed by atoms with Gasteiger partial charge >= 0.3 is 0 Å². The Morgan fingerprint density at radius 2 is 1.84 bits per heavy atom. The van der Waals surface area contributed by atoms with Gasteiger partial charge in [0.2, 0.25) is 15.9 Å². The van der Waals surface area contributed by atoms with E-state index in [1.165, 1.54) is 4.31 Å². The summed E-state index contributed by atoms with van der Waals surface area (Å²) in [6, 6.07) is 0. The molecule has 1 rings (SSSR count). The summed E-state index contributed by atoms with van der Waals surface area (Å²) in [5, 5.41) is 2.56. The summed E-state index contributed by atoms with van der Waals surface area (Å²) in [6.07, 6.45) is 1.32. The molecule has 0 aliphatic carbocycles. The highest BCUT2D eigenvalue weighted by molar-refractivity contribution is 7.89. The van der Waals surface area contributed by atoms with Crippen LogP contribution in [-0.2, 0) is 14.8 Å². The molecule has 0 aromatic carbocycles. The van der Waals surface area contributed by atoms with E-state index in [1.54, 1.807) is 7.05 Å². The van der Waals surface area contributed by atoms with Gasteiger partial charge in [-0.15, -0.1) is 11.6 Å². The largest absolute Gasteiger partial charge is 0.358 e. The van der Waals surface area contributed by atoms with E-state index in [2.05, 4.69) is 5.32 Å². The Bertz CT molecular complexity index is 381. The quantitative estimate of drug-likeness (QED) is 0.518. The number of nitrogens with zero attached hydrogens (tertiary/aromatic N) is 2. The summed E-state index contributed by atoms with van der Waals surface area (Å²) in [5.74, 6) is 0.614. The van der Waals surface area contributed by atoms with Gasteiger partial charge in [0.1, 0.15) is 0 Å². The van der Waals surface area contributed by atoms with Gasteiger partial charge in [-0.05, 0) is 12.8 Å². The van der Waals surface area contributed by atoms with Crippen LogP contribution in [0, 0.1) is 0 Å². The molecule has 0 atom stereocenters. The first-order valence-electron chi connectivity index (χ1n) is 6.46. The molecule has 6 nitrogen and oxygen atoms in total. The molecule has 1 aliphatic rings. The Balaban J connectivity index is 2.38. The van der Waals surface area contributed by atoms with Crippen LogP contribution in [-0.4, -0.2) is 74.9 Å². The van der Waals surface area contributed by atoms with Crippen LogP contribution in [0.5, 0.6) is 0 Å². The molecule has 1 saturated heterocycles. The molecule has 8 heteroatoms. The average molecular weight is 312 g/mol. The van der Waals surface area contributed by atoms with Gasteiger partial charge in [0.05, 0.1) is 12.3 Å². The lowest BCUT2D eigenvalue weighted by Gasteiger charge is -2.33. The summed E-state index contributed by atoms with van der Waals surface area (Å²) in [5.41, 5.74) is 0. The fourth-order valence-corrected chi connectivity index (χ4v) is 3.69. The molecule has 0 spiro atoms. The second kappa shape index (κ2) is 8.04. The van der Waals surface area contributed by atoms with Gasteiger partial charge in [-0.2, -0.15) is 4.31 Å². The number of hydrogen-bond acceptors (Lipinski definition) is 4. The van der Waals surface area contributed by atoms with Crippen molar-refractivity contribution in [3.63, 3.8) is 0 Å². The minimum absolute atomic E-state index is 0.0431. The summed E-state index contributed by atoms with van der Waals surface area (Å²) in [6.45, 7) is 2.45. The summed E-state index contributed by atoms with van der Waals surface area (Å²) in [4.78, 5) is 13.2. The van der Waals surface area contributed by atoms with Gasteiger partial charge in [0.25, 0.3) is 0 Å². The maximum absolute atomic E-state index is 12.0. The number of likely N-dealkylation sites (N-methyl/N-ethyl adjacent to an activating group) is 1. The Labute approximate surface area is 120 Å². The fraction of sp³-hybridized carbons (Fsp3) is 0.909. The topological polar surface area (TPSA) is 69.7 Å². The van der Waals surface area contributed by atoms with E-state index in [4.69, 9.17) is 11.6 Å². The second-order valence-corrected chi connectivity index (χ2v) is 7.03. The number of carbonyl (C=O) groups excluding carboxylic acids is 1. The van der Waals surface area contributed by atoms with Crippen LogP contribution in [0.4, 0.5) is 0 Å². The van der Waals surface area contributed by atoms with E-state index in [0.29, 0.717) is 45.0 Å². The van der Waals surface area contributed by atoms with Crippen molar-refractivity contribution in [3.8, 4) is 0 Å². The second-order valence-electron chi connectivity index (χ2n) is 4.56. The highest BCUT2D eigenvalue weighted by Crippen LogP contribution is 2.10. The first kappa shape index (κ1) is 16.7. The molecule has 0 bridgehead atoms. The van der Waals surface area contributed by atoms with Crippen LogP contribution in [0.3, 0.4) is 0 Å². The molecule has 0 aromatic heterocycles. The van der Waals surface area contributed by atoms with Gasteiger partial charge in [-0.1, -0.05) is 0 Å². The number of unbranched alkanes of at least 4 members (excludes halogenated alkanes) is 1. The number of hydrogen-bond donors (Lipinski definition) is 1. The zero-order chi connectivity index (χ0) is 14.3. The Morgan fingerprint density at radius 1 is 1.21 bits per heavy atom. The van der Waals surface area contributed by atoms with Crippen molar-refractivity contribution in [1.29, 1.82) is 0 Å². The predicted octanol–water partition coefficient (Wildman–Crippen LogP) is -0.301. The highest BCUT2D eigenvalue weighted by atomic mass is 35.5. The highest BCUT2D eigenvalue weighted by Gasteiger charge is 2.26. The SMILES string of the molecule is CNC(=O)CN1CCN(S(=O)(=O)CCCCCl)CC1.